The molecule has 1 atom stereocenters. The van der Waals surface area contributed by atoms with Crippen molar-refractivity contribution < 1.29 is 17.6 Å². The van der Waals surface area contributed by atoms with Crippen molar-refractivity contribution in [2.24, 2.45) is 0 Å². The molecule has 1 aromatic carbocycles. The van der Waals surface area contributed by atoms with Crippen molar-refractivity contribution in [1.82, 2.24) is 10.6 Å². The van der Waals surface area contributed by atoms with Crippen LogP contribution in [-0.2, 0) is 14.6 Å². The highest BCUT2D eigenvalue weighted by Gasteiger charge is 2.25. The van der Waals surface area contributed by atoms with Crippen molar-refractivity contribution in [1.29, 1.82) is 0 Å². The highest BCUT2D eigenvalue weighted by Crippen LogP contribution is 2.19. The van der Waals surface area contributed by atoms with Gasteiger partial charge in [-0.2, -0.15) is 0 Å². The summed E-state index contributed by atoms with van der Waals surface area (Å²) in [4.78, 5) is 12.1. The summed E-state index contributed by atoms with van der Waals surface area (Å²) in [6.07, 6.45) is 7.36. The van der Waals surface area contributed by atoms with Crippen molar-refractivity contribution in [3.63, 3.8) is 0 Å². The van der Waals surface area contributed by atoms with E-state index in [0.717, 1.165) is 12.1 Å². The predicted octanol–water partition coefficient (Wildman–Crippen LogP) is 3.23. The number of sulfone groups is 1. The van der Waals surface area contributed by atoms with E-state index in [9.17, 15) is 17.6 Å². The van der Waals surface area contributed by atoms with E-state index in [1.54, 1.807) is 0 Å². The molecule has 1 unspecified atom stereocenters. The Morgan fingerprint density at radius 1 is 1.11 bits per heavy atom. The largest absolute Gasteiger partial charge is 0.355 e. The van der Waals surface area contributed by atoms with E-state index >= 15 is 0 Å². The fraction of sp³-hybridized carbons (Fsp3) is 0.632. The van der Waals surface area contributed by atoms with Gasteiger partial charge in [0.25, 0.3) is 0 Å². The van der Waals surface area contributed by atoms with E-state index in [1.165, 1.54) is 57.6 Å². The van der Waals surface area contributed by atoms with Crippen LogP contribution in [0.4, 0.5) is 4.39 Å². The molecule has 1 aromatic rings. The molecule has 0 heterocycles. The van der Waals surface area contributed by atoms with Gasteiger partial charge in [0.05, 0.1) is 10.1 Å². The van der Waals surface area contributed by atoms with Crippen LogP contribution in [0.15, 0.2) is 29.2 Å². The summed E-state index contributed by atoms with van der Waals surface area (Å²) in [5.41, 5.74) is 0. The van der Waals surface area contributed by atoms with Crippen LogP contribution in [-0.4, -0.2) is 38.7 Å². The van der Waals surface area contributed by atoms with Gasteiger partial charge in [0.1, 0.15) is 5.82 Å². The Morgan fingerprint density at radius 2 is 1.70 bits per heavy atom. The van der Waals surface area contributed by atoms with Gasteiger partial charge in [-0.1, -0.05) is 25.7 Å². The van der Waals surface area contributed by atoms with E-state index in [4.69, 9.17) is 0 Å². The number of amides is 1. The van der Waals surface area contributed by atoms with Crippen molar-refractivity contribution in [2.45, 2.75) is 68.1 Å². The number of halogens is 2. The topological polar surface area (TPSA) is 75.3 Å². The summed E-state index contributed by atoms with van der Waals surface area (Å²) in [6.45, 7) is 2.68. The zero-order valence-electron chi connectivity index (χ0n) is 15.7. The summed E-state index contributed by atoms with van der Waals surface area (Å²) >= 11 is 0. The molecule has 8 heteroatoms. The van der Waals surface area contributed by atoms with Crippen LogP contribution in [0.2, 0.25) is 0 Å². The molecular formula is C19H30ClFN2O3S. The molecule has 1 aliphatic carbocycles. The lowest BCUT2D eigenvalue weighted by molar-refractivity contribution is -0.121. The smallest absolute Gasteiger partial charge is 0.221 e. The monoisotopic (exact) mass is 420 g/mol. The number of benzene rings is 1. The molecule has 1 fully saturated rings. The minimum Gasteiger partial charge on any atom is -0.355 e. The van der Waals surface area contributed by atoms with Crippen molar-refractivity contribution in [3.8, 4) is 0 Å². The lowest BCUT2D eigenvalue weighted by Gasteiger charge is -2.17. The molecule has 1 aliphatic rings. The Kier molecular flexibility index (Phi) is 10.3. The maximum absolute atomic E-state index is 13.0. The highest BCUT2D eigenvalue weighted by molar-refractivity contribution is 7.92. The van der Waals surface area contributed by atoms with Gasteiger partial charge in [-0.05, 0) is 44.0 Å². The van der Waals surface area contributed by atoms with Crippen molar-refractivity contribution in [3.05, 3.63) is 30.1 Å². The SMILES string of the molecule is CC(CC(=O)NCCNC1CCCCCC1)S(=O)(=O)c1ccc(F)cc1.Cl. The first-order chi connectivity index (χ1) is 12.4. The number of hydrogen-bond donors (Lipinski definition) is 2. The second kappa shape index (κ2) is 11.6. The zero-order valence-corrected chi connectivity index (χ0v) is 17.4. The van der Waals surface area contributed by atoms with Crippen LogP contribution >= 0.6 is 12.4 Å². The second-order valence-electron chi connectivity index (χ2n) is 7.01. The molecule has 0 bridgehead atoms. The molecule has 2 N–H and O–H groups in total. The molecule has 0 radical (unpaired) electrons. The van der Waals surface area contributed by atoms with Crippen molar-refractivity contribution in [2.75, 3.05) is 13.1 Å². The van der Waals surface area contributed by atoms with Gasteiger partial charge >= 0.3 is 0 Å². The molecule has 0 aliphatic heterocycles. The Morgan fingerprint density at radius 3 is 2.30 bits per heavy atom. The maximum atomic E-state index is 13.0. The molecule has 0 saturated heterocycles. The Balaban J connectivity index is 0.00000364. The molecule has 1 amide bonds. The minimum atomic E-state index is -3.65. The van der Waals surface area contributed by atoms with Gasteiger partial charge in [-0.3, -0.25) is 4.79 Å². The lowest BCUT2D eigenvalue weighted by atomic mass is 10.1. The summed E-state index contributed by atoms with van der Waals surface area (Å²) < 4.78 is 37.8. The van der Waals surface area contributed by atoms with E-state index in [-0.39, 0.29) is 29.6 Å². The molecule has 2 rings (SSSR count). The average Bonchev–Trinajstić information content (AvgIpc) is 2.88. The summed E-state index contributed by atoms with van der Waals surface area (Å²) in [7, 11) is -3.65. The van der Waals surface area contributed by atoms with Crippen molar-refractivity contribution >= 4 is 28.2 Å². The third kappa shape index (κ3) is 7.76. The van der Waals surface area contributed by atoms with Crippen LogP contribution in [0.1, 0.15) is 51.9 Å². The lowest BCUT2D eigenvalue weighted by Crippen LogP contribution is -2.38. The zero-order chi connectivity index (χ0) is 19.0. The van der Waals surface area contributed by atoms with Gasteiger partial charge in [-0.15, -0.1) is 12.4 Å². The predicted molar refractivity (Wildman–Crippen MR) is 107 cm³/mol. The first-order valence-corrected chi connectivity index (χ1v) is 10.9. The number of carbonyl (C=O) groups excluding carboxylic acids is 1. The van der Waals surface area contributed by atoms with E-state index in [1.807, 2.05) is 0 Å². The molecule has 27 heavy (non-hydrogen) atoms. The number of rotatable bonds is 8. The first-order valence-electron chi connectivity index (χ1n) is 9.39. The van der Waals surface area contributed by atoms with Crippen LogP contribution < -0.4 is 10.6 Å². The third-order valence-electron chi connectivity index (χ3n) is 4.88. The number of nitrogens with one attached hydrogen (secondary N) is 2. The van der Waals surface area contributed by atoms with Gasteiger partial charge in [0.15, 0.2) is 9.84 Å². The molecule has 0 aromatic heterocycles. The van der Waals surface area contributed by atoms with E-state index in [2.05, 4.69) is 10.6 Å². The minimum absolute atomic E-state index is 0. The number of carbonyl (C=O) groups is 1. The Labute approximate surface area is 167 Å². The maximum Gasteiger partial charge on any atom is 0.221 e. The fourth-order valence-corrected chi connectivity index (χ4v) is 4.61. The van der Waals surface area contributed by atoms with Crippen LogP contribution in [0.25, 0.3) is 0 Å². The Bertz CT molecular complexity index is 675. The average molecular weight is 421 g/mol. The standard InChI is InChI=1S/C19H29FN2O3S.ClH/c1-15(26(24,25)18-10-8-16(20)9-11-18)14-19(23)22-13-12-21-17-6-4-2-3-5-7-17;/h8-11,15,17,21H,2-7,12-14H2,1H3,(H,22,23);1H. The van der Waals surface area contributed by atoms with Crippen LogP contribution in [0, 0.1) is 5.82 Å². The fourth-order valence-electron chi connectivity index (χ4n) is 3.26. The Hall–Kier alpha value is -1.18. The van der Waals surface area contributed by atoms with Gasteiger partial charge in [0, 0.05) is 25.6 Å². The van der Waals surface area contributed by atoms with Gasteiger partial charge in [0.2, 0.25) is 5.91 Å². The second-order valence-corrected chi connectivity index (χ2v) is 9.37. The summed E-state index contributed by atoms with van der Waals surface area (Å²) in [5, 5.41) is 5.38. The molecule has 5 nitrogen and oxygen atoms in total. The van der Waals surface area contributed by atoms with E-state index < -0.39 is 20.9 Å². The first kappa shape index (κ1) is 23.9. The van der Waals surface area contributed by atoms with Crippen LogP contribution in [0.3, 0.4) is 0 Å². The van der Waals surface area contributed by atoms with E-state index in [0.29, 0.717) is 19.1 Å². The molecular weight excluding hydrogens is 391 g/mol. The van der Waals surface area contributed by atoms with Gasteiger partial charge in [-0.25, -0.2) is 12.8 Å². The summed E-state index contributed by atoms with van der Waals surface area (Å²) in [6, 6.07) is 5.20. The molecule has 1 saturated carbocycles. The summed E-state index contributed by atoms with van der Waals surface area (Å²) in [5.74, 6) is -0.777. The quantitative estimate of drug-likeness (QED) is 0.384. The van der Waals surface area contributed by atoms with Gasteiger partial charge < -0.3 is 10.6 Å². The molecule has 154 valence electrons. The highest BCUT2D eigenvalue weighted by atomic mass is 35.5. The number of hydrogen-bond acceptors (Lipinski definition) is 4. The third-order valence-corrected chi connectivity index (χ3v) is 7.04. The normalized spacial score (nSPS) is 16.8. The van der Waals surface area contributed by atoms with Crippen LogP contribution in [0.5, 0.6) is 0 Å². The molecule has 0 spiro atoms.